The molecule has 2 heterocycles. The van der Waals surface area contributed by atoms with Crippen LogP contribution in [0.25, 0.3) is 0 Å². The second-order valence-electron chi connectivity index (χ2n) is 13.7. The third kappa shape index (κ3) is 9.45. The zero-order valence-electron chi connectivity index (χ0n) is 26.9. The topological polar surface area (TPSA) is 62.2 Å². The Kier molecular flexibility index (Phi) is 14.4. The zero-order valence-corrected chi connectivity index (χ0v) is 30.3. The van der Waals surface area contributed by atoms with E-state index in [1.54, 1.807) is 0 Å². The first-order valence-corrected chi connectivity index (χ1v) is 15.8. The monoisotopic (exact) mass is 714 g/mol. The molecule has 0 unspecified atom stereocenters. The molecule has 1 aromatic carbocycles. The summed E-state index contributed by atoms with van der Waals surface area (Å²) >= 11 is 0. The van der Waals surface area contributed by atoms with Crippen molar-refractivity contribution in [3.05, 3.63) is 34.9 Å². The Labute approximate surface area is 276 Å². The van der Waals surface area contributed by atoms with E-state index >= 15 is 0 Å². The molecule has 2 atom stereocenters. The number of nitrogens with zero attached hydrogens (tertiary/aromatic N) is 2. The first-order chi connectivity index (χ1) is 19.0. The number of esters is 1. The van der Waals surface area contributed by atoms with Crippen molar-refractivity contribution in [3.63, 3.8) is 0 Å². The molecule has 4 rings (SSSR count). The van der Waals surface area contributed by atoms with Gasteiger partial charge in [0.05, 0.1) is 0 Å². The zero-order chi connectivity index (χ0) is 28.9. The highest BCUT2D eigenvalue weighted by molar-refractivity contribution is 8.93. The fraction of sp³-hybridized carbons (Fsp3) is 0.735. The molecular formula is C34H56Br2N2O4. The number of ether oxygens (including phenoxy) is 2. The van der Waals surface area contributed by atoms with Crippen LogP contribution in [-0.4, -0.2) is 72.9 Å². The maximum atomic E-state index is 12.5. The molecule has 2 aliphatic heterocycles. The summed E-state index contributed by atoms with van der Waals surface area (Å²) in [6.45, 7) is 16.8. The number of phenolic OH excluding ortho intramolecular Hbond substituents is 1. The van der Waals surface area contributed by atoms with Crippen LogP contribution in [0.5, 0.6) is 11.5 Å². The number of likely N-dealkylation sites (N-methyl/N-ethyl adjacent to an activating group) is 1. The minimum absolute atomic E-state index is 0. The van der Waals surface area contributed by atoms with Gasteiger partial charge in [-0.05, 0) is 81.8 Å². The van der Waals surface area contributed by atoms with Crippen LogP contribution in [0, 0.1) is 5.92 Å². The minimum Gasteiger partial charge on any atom is -0.508 e. The second-order valence-corrected chi connectivity index (χ2v) is 13.7. The highest BCUT2D eigenvalue weighted by atomic mass is 79.9. The van der Waals surface area contributed by atoms with Gasteiger partial charge in [-0.1, -0.05) is 52.5 Å². The molecule has 240 valence electrons. The van der Waals surface area contributed by atoms with Crippen molar-refractivity contribution in [2.24, 2.45) is 5.92 Å². The van der Waals surface area contributed by atoms with Crippen LogP contribution in [0.15, 0.2) is 23.8 Å². The van der Waals surface area contributed by atoms with Crippen LogP contribution in [-0.2, 0) is 14.9 Å². The summed E-state index contributed by atoms with van der Waals surface area (Å²) in [7, 11) is 2.16. The molecular weight excluding hydrogens is 660 g/mol. The van der Waals surface area contributed by atoms with Crippen LogP contribution < -0.4 is 4.74 Å². The maximum Gasteiger partial charge on any atom is 0.306 e. The Bertz CT molecular complexity index is 1050. The smallest absolute Gasteiger partial charge is 0.306 e. The van der Waals surface area contributed by atoms with Gasteiger partial charge in [0.15, 0.2) is 0 Å². The van der Waals surface area contributed by atoms with Crippen LogP contribution >= 0.6 is 34.0 Å². The molecule has 0 amide bonds. The number of fused-ring (bicyclic) bond motifs is 3. The highest BCUT2D eigenvalue weighted by Crippen LogP contribution is 2.55. The lowest BCUT2D eigenvalue weighted by molar-refractivity contribution is -0.143. The molecule has 0 spiro atoms. The summed E-state index contributed by atoms with van der Waals surface area (Å²) in [6, 6.07) is 4.17. The van der Waals surface area contributed by atoms with Crippen LogP contribution in [0.4, 0.5) is 0 Å². The number of halogens is 2. The number of aromatic hydroxyl groups is 1. The first kappa shape index (κ1) is 37.1. The fourth-order valence-electron chi connectivity index (χ4n) is 6.88. The van der Waals surface area contributed by atoms with E-state index in [1.165, 1.54) is 25.7 Å². The number of phenols is 1. The molecule has 8 heteroatoms. The van der Waals surface area contributed by atoms with Gasteiger partial charge in [-0.2, -0.15) is 0 Å². The van der Waals surface area contributed by atoms with Crippen molar-refractivity contribution in [1.82, 2.24) is 9.80 Å². The predicted octanol–water partition coefficient (Wildman–Crippen LogP) is 7.96. The average molecular weight is 717 g/mol. The molecule has 0 bridgehead atoms. The molecule has 0 radical (unpaired) electrons. The lowest BCUT2D eigenvalue weighted by atomic mass is 9.66. The first-order valence-electron chi connectivity index (χ1n) is 15.8. The molecule has 1 N–H and O–H groups in total. The van der Waals surface area contributed by atoms with Gasteiger partial charge in [0.2, 0.25) is 0 Å². The highest BCUT2D eigenvalue weighted by Gasteiger charge is 2.46. The quantitative estimate of drug-likeness (QED) is 0.135. The lowest BCUT2D eigenvalue weighted by Crippen LogP contribution is -2.45. The number of piperazine rings is 1. The molecule has 3 aliphatic rings. The van der Waals surface area contributed by atoms with Crippen LogP contribution in [0.2, 0.25) is 0 Å². The van der Waals surface area contributed by atoms with E-state index in [9.17, 15) is 9.90 Å². The third-order valence-corrected chi connectivity index (χ3v) is 9.69. The van der Waals surface area contributed by atoms with Gasteiger partial charge in [-0.15, -0.1) is 34.0 Å². The Morgan fingerprint density at radius 3 is 2.50 bits per heavy atom. The van der Waals surface area contributed by atoms with Crippen molar-refractivity contribution in [2.45, 2.75) is 109 Å². The molecule has 1 saturated heterocycles. The van der Waals surface area contributed by atoms with Crippen molar-refractivity contribution < 1.29 is 19.4 Å². The van der Waals surface area contributed by atoms with Crippen LogP contribution in [0.3, 0.4) is 0 Å². The number of rotatable bonds is 12. The van der Waals surface area contributed by atoms with E-state index in [1.807, 2.05) is 6.07 Å². The van der Waals surface area contributed by atoms with Crippen molar-refractivity contribution in [3.8, 4) is 11.5 Å². The fourth-order valence-corrected chi connectivity index (χ4v) is 6.88. The number of benzene rings is 1. The van der Waals surface area contributed by atoms with Crippen molar-refractivity contribution >= 4 is 39.9 Å². The summed E-state index contributed by atoms with van der Waals surface area (Å²) in [5.74, 6) is 1.48. The molecule has 1 aromatic rings. The number of hydrogen-bond acceptors (Lipinski definition) is 6. The average Bonchev–Trinajstić information content (AvgIpc) is 2.90. The molecule has 0 saturated carbocycles. The minimum atomic E-state index is -0.337. The Hall–Kier alpha value is -1.09. The maximum absolute atomic E-state index is 12.5. The normalized spacial score (nSPS) is 22.0. The molecule has 1 aliphatic carbocycles. The summed E-state index contributed by atoms with van der Waals surface area (Å²) in [5, 5.41) is 11.4. The lowest BCUT2D eigenvalue weighted by Gasteiger charge is -2.47. The van der Waals surface area contributed by atoms with Crippen molar-refractivity contribution in [1.29, 1.82) is 0 Å². The molecule has 6 nitrogen and oxygen atoms in total. The van der Waals surface area contributed by atoms with Gasteiger partial charge in [0.1, 0.15) is 23.7 Å². The molecule has 42 heavy (non-hydrogen) atoms. The molecule has 0 aromatic heterocycles. The van der Waals surface area contributed by atoms with Gasteiger partial charge in [0.25, 0.3) is 0 Å². The largest absolute Gasteiger partial charge is 0.508 e. The number of carbonyl (C=O) groups excluding carboxylic acids is 1. The van der Waals surface area contributed by atoms with Gasteiger partial charge < -0.3 is 24.4 Å². The van der Waals surface area contributed by atoms with Gasteiger partial charge in [0, 0.05) is 50.0 Å². The number of carbonyl (C=O) groups is 1. The third-order valence-electron chi connectivity index (χ3n) is 9.69. The number of allylic oxidation sites excluding steroid dienone is 1. The second kappa shape index (κ2) is 16.3. The summed E-state index contributed by atoms with van der Waals surface area (Å²) in [5.41, 5.74) is 2.86. The SMILES string of the molecule is Br.Br.CCCCCCC(C)(C)c1cc(O)c2c(c1)OC(C)(C)[C@H]1CC=C(COC(=O)CCCN3CCN(C)CC3)C[C@H]21. The Morgan fingerprint density at radius 1 is 1.10 bits per heavy atom. The van der Waals surface area contributed by atoms with E-state index < -0.39 is 0 Å². The summed E-state index contributed by atoms with van der Waals surface area (Å²) in [4.78, 5) is 17.3. The van der Waals surface area contributed by atoms with E-state index in [0.717, 1.165) is 80.9 Å². The Morgan fingerprint density at radius 2 is 1.81 bits per heavy atom. The van der Waals surface area contributed by atoms with Crippen molar-refractivity contribution in [2.75, 3.05) is 46.4 Å². The summed E-state index contributed by atoms with van der Waals surface area (Å²) in [6.07, 6.45) is 11.2. The summed E-state index contributed by atoms with van der Waals surface area (Å²) < 4.78 is 12.3. The van der Waals surface area contributed by atoms with Crippen LogP contribution in [0.1, 0.15) is 109 Å². The number of hydrogen-bond donors (Lipinski definition) is 1. The van der Waals surface area contributed by atoms with Gasteiger partial charge in [-0.3, -0.25) is 4.79 Å². The van der Waals surface area contributed by atoms with E-state index in [-0.39, 0.29) is 62.8 Å². The van der Waals surface area contributed by atoms with E-state index in [4.69, 9.17) is 9.47 Å². The molecule has 1 fully saturated rings. The Balaban J connectivity index is 0.00000308. The van der Waals surface area contributed by atoms with E-state index in [0.29, 0.717) is 18.8 Å². The number of unbranched alkanes of at least 4 members (excludes halogenated alkanes) is 3. The van der Waals surface area contributed by atoms with Gasteiger partial charge in [-0.25, -0.2) is 0 Å². The van der Waals surface area contributed by atoms with Gasteiger partial charge >= 0.3 is 5.97 Å². The van der Waals surface area contributed by atoms with E-state index in [2.05, 4.69) is 63.6 Å². The predicted molar refractivity (Wildman–Crippen MR) is 183 cm³/mol. The standard InChI is InChI=1S/C34H54N2O4.2BrH/c1-7-8-9-10-15-33(2,3)26-22-29(37)32-27-21-25(13-14-28(27)34(4,5)40-30(32)23-26)24-39-31(38)12-11-16-36-19-17-35(6)18-20-36;;/h13,22-23,27-28,37H,7-12,14-21,24H2,1-6H3;2*1H/t27-,28-;;/m0../s1.